The summed E-state index contributed by atoms with van der Waals surface area (Å²) in [4.78, 5) is 4.68. The molecule has 3 nitrogen and oxygen atoms in total. The van der Waals surface area contributed by atoms with Gasteiger partial charge in [0.25, 0.3) is 0 Å². The number of hydrogen-bond donors (Lipinski definition) is 1. The minimum absolute atomic E-state index is 0.215. The van der Waals surface area contributed by atoms with Crippen molar-refractivity contribution < 1.29 is 9.84 Å². The van der Waals surface area contributed by atoms with E-state index in [0.29, 0.717) is 18.9 Å². The Labute approximate surface area is 117 Å². The Balaban J connectivity index is 1.75. The van der Waals surface area contributed by atoms with E-state index in [2.05, 4.69) is 17.1 Å². The lowest BCUT2D eigenvalue weighted by Gasteiger charge is -2.12. The van der Waals surface area contributed by atoms with Gasteiger partial charge >= 0.3 is 0 Å². The third-order valence-electron chi connectivity index (χ3n) is 4.04. The Kier molecular flexibility index (Phi) is 2.60. The van der Waals surface area contributed by atoms with Crippen LogP contribution >= 0.6 is 0 Å². The van der Waals surface area contributed by atoms with E-state index in [0.717, 1.165) is 16.7 Å². The molecule has 0 saturated heterocycles. The second-order valence-electron chi connectivity index (χ2n) is 5.30. The Morgan fingerprint density at radius 2 is 1.75 bits per heavy atom. The van der Waals surface area contributed by atoms with Crippen molar-refractivity contribution in [1.82, 2.24) is 0 Å². The molecule has 1 aliphatic heterocycles. The zero-order chi connectivity index (χ0) is 13.5. The standard InChI is InChI=1S/C17H15NO2/c19-15-9-11-5-1-3-7-13(11)16(15)18-17-14-8-4-2-6-12(14)10-20-17/h1-8,15-16,19H,9-10H2/b18-17-/t15-,16-/m1/s1. The number of hydrogen-bond acceptors (Lipinski definition) is 3. The Morgan fingerprint density at radius 1 is 1.00 bits per heavy atom. The minimum atomic E-state index is -0.462. The molecule has 0 spiro atoms. The maximum Gasteiger partial charge on any atom is 0.217 e. The fraction of sp³-hybridized carbons (Fsp3) is 0.235. The Bertz CT molecular complexity index is 693. The molecule has 0 bridgehead atoms. The number of nitrogens with zero attached hydrogens (tertiary/aromatic N) is 1. The SMILES string of the molecule is O[C@@H]1Cc2ccccc2[C@H]1/N=C1\OCc2ccccc21. The van der Waals surface area contributed by atoms with E-state index in [1.165, 1.54) is 5.56 Å². The maximum atomic E-state index is 10.3. The van der Waals surface area contributed by atoms with Crippen molar-refractivity contribution in [2.75, 3.05) is 0 Å². The van der Waals surface area contributed by atoms with Crippen molar-refractivity contribution in [3.05, 3.63) is 70.8 Å². The molecular weight excluding hydrogens is 250 g/mol. The second-order valence-corrected chi connectivity index (χ2v) is 5.30. The summed E-state index contributed by atoms with van der Waals surface area (Å²) >= 11 is 0. The van der Waals surface area contributed by atoms with Gasteiger partial charge in [0, 0.05) is 17.5 Å². The highest BCUT2D eigenvalue weighted by molar-refractivity contribution is 5.97. The number of fused-ring (bicyclic) bond motifs is 2. The molecule has 0 aromatic heterocycles. The number of aliphatic hydroxyl groups excluding tert-OH is 1. The molecule has 100 valence electrons. The van der Waals surface area contributed by atoms with E-state index < -0.39 is 6.10 Å². The highest BCUT2D eigenvalue weighted by atomic mass is 16.5. The van der Waals surface area contributed by atoms with Gasteiger partial charge in [-0.2, -0.15) is 0 Å². The van der Waals surface area contributed by atoms with Crippen molar-refractivity contribution in [3.63, 3.8) is 0 Å². The molecule has 1 N–H and O–H groups in total. The minimum Gasteiger partial charge on any atom is -0.473 e. The van der Waals surface area contributed by atoms with Gasteiger partial charge in [0.05, 0.1) is 6.10 Å². The van der Waals surface area contributed by atoms with Crippen molar-refractivity contribution in [2.24, 2.45) is 4.99 Å². The summed E-state index contributed by atoms with van der Waals surface area (Å²) in [5.41, 5.74) is 4.50. The molecule has 0 radical (unpaired) electrons. The van der Waals surface area contributed by atoms with Gasteiger partial charge in [0.15, 0.2) is 0 Å². The molecule has 2 atom stereocenters. The van der Waals surface area contributed by atoms with E-state index in [9.17, 15) is 5.11 Å². The Morgan fingerprint density at radius 3 is 2.65 bits per heavy atom. The molecule has 1 heterocycles. The first-order valence-electron chi connectivity index (χ1n) is 6.87. The lowest BCUT2D eigenvalue weighted by atomic mass is 10.1. The van der Waals surface area contributed by atoms with Gasteiger partial charge in [-0.3, -0.25) is 0 Å². The highest BCUT2D eigenvalue weighted by Crippen LogP contribution is 2.35. The third kappa shape index (κ3) is 1.74. The summed E-state index contributed by atoms with van der Waals surface area (Å²) in [6, 6.07) is 15.9. The quantitative estimate of drug-likeness (QED) is 0.861. The van der Waals surface area contributed by atoms with Crippen molar-refractivity contribution in [1.29, 1.82) is 0 Å². The zero-order valence-corrected chi connectivity index (χ0v) is 11.0. The zero-order valence-electron chi connectivity index (χ0n) is 11.0. The molecule has 20 heavy (non-hydrogen) atoms. The second kappa shape index (κ2) is 4.46. The molecule has 0 amide bonds. The molecular formula is C17H15NO2. The van der Waals surface area contributed by atoms with Gasteiger partial charge < -0.3 is 9.84 Å². The molecule has 0 unspecified atom stereocenters. The third-order valence-corrected chi connectivity index (χ3v) is 4.04. The van der Waals surface area contributed by atoms with Crippen LogP contribution in [0.5, 0.6) is 0 Å². The molecule has 0 fully saturated rings. The van der Waals surface area contributed by atoms with Crippen molar-refractivity contribution >= 4 is 5.90 Å². The smallest absolute Gasteiger partial charge is 0.217 e. The average Bonchev–Trinajstić information content (AvgIpc) is 3.02. The van der Waals surface area contributed by atoms with Crippen molar-refractivity contribution in [3.8, 4) is 0 Å². The predicted octanol–water partition coefficient (Wildman–Crippen LogP) is 2.62. The van der Waals surface area contributed by atoms with E-state index in [4.69, 9.17) is 4.74 Å². The van der Waals surface area contributed by atoms with Crippen LogP contribution < -0.4 is 0 Å². The topological polar surface area (TPSA) is 41.8 Å². The van der Waals surface area contributed by atoms with E-state index in [1.54, 1.807) is 0 Å². The first-order chi connectivity index (χ1) is 9.83. The highest BCUT2D eigenvalue weighted by Gasteiger charge is 2.32. The molecule has 1 aliphatic carbocycles. The van der Waals surface area contributed by atoms with Gasteiger partial charge in [-0.1, -0.05) is 42.5 Å². The van der Waals surface area contributed by atoms with Crippen molar-refractivity contribution in [2.45, 2.75) is 25.2 Å². The number of ether oxygens (including phenoxy) is 1. The molecule has 0 saturated carbocycles. The maximum absolute atomic E-state index is 10.3. The lowest BCUT2D eigenvalue weighted by molar-refractivity contribution is 0.157. The summed E-state index contributed by atoms with van der Waals surface area (Å²) in [7, 11) is 0. The average molecular weight is 265 g/mol. The van der Waals surface area contributed by atoms with Gasteiger partial charge in [-0.25, -0.2) is 4.99 Å². The van der Waals surface area contributed by atoms with Gasteiger partial charge in [-0.05, 0) is 17.2 Å². The monoisotopic (exact) mass is 265 g/mol. The van der Waals surface area contributed by atoms with E-state index in [-0.39, 0.29) is 6.04 Å². The van der Waals surface area contributed by atoms with Gasteiger partial charge in [0.1, 0.15) is 12.6 Å². The summed E-state index contributed by atoms with van der Waals surface area (Å²) in [5.74, 6) is 0.654. The summed E-state index contributed by atoms with van der Waals surface area (Å²) in [6.45, 7) is 0.569. The van der Waals surface area contributed by atoms with Crippen LogP contribution in [0.1, 0.15) is 28.3 Å². The molecule has 3 heteroatoms. The predicted molar refractivity (Wildman–Crippen MR) is 76.7 cm³/mol. The number of aliphatic hydroxyl groups is 1. The fourth-order valence-corrected chi connectivity index (χ4v) is 3.02. The normalized spacial score (nSPS) is 25.4. The number of aliphatic imine (C=N–C) groups is 1. The van der Waals surface area contributed by atoms with Crippen LogP contribution in [0.15, 0.2) is 53.5 Å². The van der Waals surface area contributed by atoms with E-state index in [1.807, 2.05) is 36.4 Å². The van der Waals surface area contributed by atoms with E-state index >= 15 is 0 Å². The van der Waals surface area contributed by atoms with Crippen LogP contribution in [0.4, 0.5) is 0 Å². The lowest BCUT2D eigenvalue weighted by Crippen LogP contribution is -2.13. The van der Waals surface area contributed by atoms with Gasteiger partial charge in [0.2, 0.25) is 5.90 Å². The van der Waals surface area contributed by atoms with Crippen LogP contribution in [0.3, 0.4) is 0 Å². The van der Waals surface area contributed by atoms with Crippen LogP contribution in [-0.4, -0.2) is 17.1 Å². The largest absolute Gasteiger partial charge is 0.473 e. The number of rotatable bonds is 1. The van der Waals surface area contributed by atoms with Gasteiger partial charge in [-0.15, -0.1) is 0 Å². The summed E-state index contributed by atoms with van der Waals surface area (Å²) in [5, 5.41) is 10.3. The first-order valence-corrected chi connectivity index (χ1v) is 6.87. The van der Waals surface area contributed by atoms with Crippen LogP contribution in [0, 0.1) is 0 Å². The van der Waals surface area contributed by atoms with Crippen LogP contribution in [-0.2, 0) is 17.8 Å². The molecule has 2 aliphatic rings. The molecule has 2 aromatic carbocycles. The molecule has 4 rings (SSSR count). The number of benzene rings is 2. The summed E-state index contributed by atoms with van der Waals surface area (Å²) in [6.07, 6.45) is 0.204. The fourth-order valence-electron chi connectivity index (χ4n) is 3.02. The summed E-state index contributed by atoms with van der Waals surface area (Å²) < 4.78 is 5.69. The van der Waals surface area contributed by atoms with Crippen LogP contribution in [0.2, 0.25) is 0 Å². The van der Waals surface area contributed by atoms with Crippen LogP contribution in [0.25, 0.3) is 0 Å². The molecule has 2 aromatic rings. The Hall–Kier alpha value is -2.13. The first kappa shape index (κ1) is 11.7.